The molecule has 110 heavy (non-hydrogen) atoms. The van der Waals surface area contributed by atoms with Crippen LogP contribution in [-0.2, 0) is 51.4 Å². The van der Waals surface area contributed by atoms with Gasteiger partial charge in [-0.25, -0.2) is 99.7 Å². The second kappa shape index (κ2) is 37.7. The molecule has 24 heteroatoms. The first kappa shape index (κ1) is 72.0. The van der Waals surface area contributed by atoms with Crippen LogP contribution in [0, 0.1) is 0 Å². The van der Waals surface area contributed by atoms with Crippen LogP contribution in [0.4, 0.5) is 0 Å². The molecule has 532 valence electrons. The average Bonchev–Trinajstić information content (AvgIpc) is 1.68. The van der Waals surface area contributed by atoms with Crippen LogP contribution in [0.2, 0.25) is 0 Å². The number of hydrogen-bond donors (Lipinski definition) is 0. The van der Waals surface area contributed by atoms with E-state index in [4.69, 9.17) is 0 Å². The maximum absolute atomic E-state index is 4.29. The Balaban J connectivity index is 0.000000104. The fourth-order valence-electron chi connectivity index (χ4n) is 12.3. The van der Waals surface area contributed by atoms with Gasteiger partial charge in [0.2, 0.25) is 0 Å². The number of hydrogen-bond acceptors (Lipinski definition) is 24. The third kappa shape index (κ3) is 19.5. The topological polar surface area (TPSA) is 309 Å². The van der Waals surface area contributed by atoms with Gasteiger partial charge in [0, 0.05) is 189 Å². The lowest BCUT2D eigenvalue weighted by molar-refractivity contribution is 0.887. The van der Waals surface area contributed by atoms with E-state index in [1.54, 1.807) is 124 Å². The van der Waals surface area contributed by atoms with Gasteiger partial charge >= 0.3 is 0 Å². The lowest BCUT2D eigenvalue weighted by Gasteiger charge is -2.00. The molecule has 0 saturated heterocycles. The maximum atomic E-state index is 4.29. The molecule has 5 aromatic carbocycles. The van der Waals surface area contributed by atoms with Gasteiger partial charge in [0.25, 0.3) is 0 Å². The third-order valence-corrected chi connectivity index (χ3v) is 17.4. The second-order valence-corrected chi connectivity index (χ2v) is 24.7. The molecule has 5 aliphatic rings. The highest BCUT2D eigenvalue weighted by Gasteiger charge is 2.25. The summed E-state index contributed by atoms with van der Waals surface area (Å²) in [6.07, 6.45) is 51.1. The molecule has 0 amide bonds. The molecule has 0 N–H and O–H groups in total. The molecule has 0 atom stereocenters. The normalized spacial score (nSPS) is 11.2. The van der Waals surface area contributed by atoms with Crippen molar-refractivity contribution in [3.8, 4) is 56.3 Å². The fraction of sp³-hybridized carbons (Fsp3) is 0.0930. The van der Waals surface area contributed by atoms with Gasteiger partial charge in [-0.1, -0.05) is 146 Å². The summed E-state index contributed by atoms with van der Waals surface area (Å²) in [6.45, 7) is 0. The zero-order chi connectivity index (χ0) is 74.4. The molecule has 22 rings (SSSR count). The number of fused-ring (bicyclic) bond motifs is 15. The van der Waals surface area contributed by atoms with Crippen molar-refractivity contribution in [3.63, 3.8) is 0 Å². The Morgan fingerprint density at radius 1 is 0.182 bits per heavy atom. The maximum Gasteiger partial charge on any atom is 0.135 e. The Kier molecular flexibility index (Phi) is 24.7. The van der Waals surface area contributed by atoms with Gasteiger partial charge in [-0.05, 0) is 57.5 Å². The number of nitrogens with zero attached hydrogens (tertiary/aromatic N) is 24. The zero-order valence-electron chi connectivity index (χ0n) is 59.4. The quantitative estimate of drug-likeness (QED) is 0.149. The van der Waals surface area contributed by atoms with Gasteiger partial charge < -0.3 is 0 Å². The lowest BCUT2D eigenvalue weighted by Crippen LogP contribution is -1.99. The lowest BCUT2D eigenvalue weighted by atomic mass is 10.1. The summed E-state index contributed by atoms with van der Waals surface area (Å²) in [7, 11) is 0. The predicted octanol–water partition coefficient (Wildman–Crippen LogP) is 13.3. The molecular formula is C86H68N24. The summed E-state index contributed by atoms with van der Waals surface area (Å²) in [5.41, 5.74) is 26.9. The van der Waals surface area contributed by atoms with E-state index in [1.165, 1.54) is 57.2 Å². The highest BCUT2D eigenvalue weighted by molar-refractivity contribution is 5.75. The van der Waals surface area contributed by atoms with E-state index in [9.17, 15) is 0 Å². The number of rotatable bonds is 6. The summed E-state index contributed by atoms with van der Waals surface area (Å²) in [5.74, 6) is 1.49. The molecule has 24 nitrogen and oxygen atoms in total. The van der Waals surface area contributed by atoms with E-state index < -0.39 is 0 Å². The van der Waals surface area contributed by atoms with Crippen molar-refractivity contribution in [1.82, 2.24) is 120 Å². The predicted molar refractivity (Wildman–Crippen MR) is 414 cm³/mol. The first-order valence-electron chi connectivity index (χ1n) is 35.2. The monoisotopic (exact) mass is 1440 g/mol. The SMILES string of the molecule is c1ccc(Cc2ccccc2)cc1.c1ccc2c(c1)Cc1cncnc1-2.c1ccc2c(c1)Cc1ncncc1-2.c1ccccc1.c1cnc(Cc2ncccn2)nc1.c1cnc2c(n1)Cc1nccnc1-2.c1ncc(Cc2cncnc2)cn1.c1ncc2c(n1)-c1ncncc1C2.c1ncc2c(n1)Cc1ncncc1-2. The van der Waals surface area contributed by atoms with Crippen molar-refractivity contribution in [2.24, 2.45) is 0 Å². The van der Waals surface area contributed by atoms with Crippen LogP contribution < -0.4 is 0 Å². The summed E-state index contributed by atoms with van der Waals surface area (Å²) >= 11 is 0. The van der Waals surface area contributed by atoms with E-state index in [0.29, 0.717) is 6.42 Å². The molecule has 0 unspecified atom stereocenters. The van der Waals surface area contributed by atoms with E-state index in [0.717, 1.165) is 147 Å². The molecule has 5 aliphatic carbocycles. The third-order valence-electron chi connectivity index (χ3n) is 17.4. The molecule has 0 aliphatic heterocycles. The Labute approximate surface area is 634 Å². The van der Waals surface area contributed by atoms with Crippen molar-refractivity contribution < 1.29 is 0 Å². The molecule has 0 fully saturated rings. The van der Waals surface area contributed by atoms with E-state index in [1.807, 2.05) is 73.6 Å². The summed E-state index contributed by atoms with van der Waals surface area (Å²) in [6, 6.07) is 53.4. The van der Waals surface area contributed by atoms with E-state index in [-0.39, 0.29) is 0 Å². The molecule has 0 saturated carbocycles. The standard InChI is InChI=1S/C13H12.2C11H8N2.3C9H6N4.2C9H8N4.C6H6/c1-3-7-12(8-4-1)11-13-9-5-2-6-10-13;1-2-4-10-8(3-1)5-9-6-12-7-13-11(9)10;1-2-4-9-8(3-1)5-11-10(9)6-12-7-13-11;1-8-6(2-10-4-12-8)7-3-11-5-13-9(1)7;1-6-2-10-4-12-8(6)9-7(1)3-11-5-13-9;1-3-12-8-6(10-1)5-7-9(8)13-4-2-11-7;1(8-2-10-6-11-3-8)9-4-12-7-13-5-9;1-3-10-8(11-4-1)7-9-12-5-2-6-13-9;1-2-4-6-5-3-1/h1-10H,11H2;2*1-4,6-7H,5H2;2*2-5H,1H2;1-4H,5H2;2-7H,1H2;1-6H,7H2;1-6H. The first-order valence-corrected chi connectivity index (χ1v) is 35.2. The smallest absolute Gasteiger partial charge is 0.135 e. The van der Waals surface area contributed by atoms with E-state index in [2.05, 4.69) is 229 Å². The van der Waals surface area contributed by atoms with Crippen molar-refractivity contribution in [1.29, 1.82) is 0 Å². The molecule has 12 heterocycles. The molecule has 0 spiro atoms. The Hall–Kier alpha value is -14.9. The van der Waals surface area contributed by atoms with Crippen molar-refractivity contribution in [3.05, 3.63) is 410 Å². The Morgan fingerprint density at radius 3 is 1.00 bits per heavy atom. The van der Waals surface area contributed by atoms with Gasteiger partial charge in [0.1, 0.15) is 73.7 Å². The minimum atomic E-state index is 0.585. The zero-order valence-corrected chi connectivity index (χ0v) is 59.4. The minimum absolute atomic E-state index is 0.585. The average molecular weight is 1440 g/mol. The largest absolute Gasteiger partial charge is 0.257 e. The second-order valence-electron chi connectivity index (χ2n) is 24.7. The van der Waals surface area contributed by atoms with Crippen molar-refractivity contribution >= 4 is 0 Å². The van der Waals surface area contributed by atoms with Gasteiger partial charge in [-0.15, -0.1) is 0 Å². The Morgan fingerprint density at radius 2 is 0.518 bits per heavy atom. The van der Waals surface area contributed by atoms with Crippen LogP contribution in [-0.4, -0.2) is 120 Å². The minimum Gasteiger partial charge on any atom is -0.257 e. The van der Waals surface area contributed by atoms with Crippen LogP contribution in [0.5, 0.6) is 0 Å². The number of benzene rings is 5. The Bertz CT molecular complexity index is 4660. The summed E-state index contributed by atoms with van der Waals surface area (Å²) < 4.78 is 0. The molecule has 0 bridgehead atoms. The number of aromatic nitrogens is 24. The molecule has 17 aromatic rings. The van der Waals surface area contributed by atoms with Gasteiger partial charge in [-0.2, -0.15) is 0 Å². The van der Waals surface area contributed by atoms with Crippen LogP contribution in [0.1, 0.15) is 90.2 Å². The van der Waals surface area contributed by atoms with E-state index >= 15 is 0 Å². The molecule has 0 radical (unpaired) electrons. The summed E-state index contributed by atoms with van der Waals surface area (Å²) in [5, 5.41) is 0. The highest BCUT2D eigenvalue weighted by Crippen LogP contribution is 2.36. The first-order chi connectivity index (χ1) is 54.6. The van der Waals surface area contributed by atoms with Crippen LogP contribution >= 0.6 is 0 Å². The van der Waals surface area contributed by atoms with Crippen LogP contribution in [0.25, 0.3) is 56.3 Å². The van der Waals surface area contributed by atoms with Gasteiger partial charge in [0.15, 0.2) is 0 Å². The fourth-order valence-corrected chi connectivity index (χ4v) is 12.3. The van der Waals surface area contributed by atoms with Crippen molar-refractivity contribution in [2.45, 2.75) is 51.4 Å². The van der Waals surface area contributed by atoms with Gasteiger partial charge in [-0.3, -0.25) is 19.9 Å². The molecular weight excluding hydrogens is 1370 g/mol. The summed E-state index contributed by atoms with van der Waals surface area (Å²) in [4.78, 5) is 98.3. The van der Waals surface area contributed by atoms with Gasteiger partial charge in [0.05, 0.1) is 52.0 Å². The van der Waals surface area contributed by atoms with Crippen molar-refractivity contribution in [2.75, 3.05) is 0 Å². The van der Waals surface area contributed by atoms with Crippen LogP contribution in [0.15, 0.2) is 320 Å². The highest BCUT2D eigenvalue weighted by atomic mass is 14.9. The molecule has 12 aromatic heterocycles. The van der Waals surface area contributed by atoms with Crippen LogP contribution in [0.3, 0.4) is 0 Å².